The van der Waals surface area contributed by atoms with Crippen LogP contribution in [0.4, 0.5) is 5.82 Å². The minimum atomic E-state index is 0.202. The first-order valence-electron chi connectivity index (χ1n) is 11.5. The molecule has 0 radical (unpaired) electrons. The number of para-hydroxylation sites is 1. The molecule has 6 aromatic rings. The first-order valence-corrected chi connectivity index (χ1v) is 11.5. The molecule has 2 heterocycles. The van der Waals surface area contributed by atoms with Gasteiger partial charge in [0.05, 0.1) is 5.52 Å². The van der Waals surface area contributed by atoms with Crippen molar-refractivity contribution in [2.24, 2.45) is 0 Å². The lowest BCUT2D eigenvalue weighted by molar-refractivity contribution is 0.849. The topological polar surface area (TPSA) is 53.6 Å². The molecule has 2 N–H and O–H groups in total. The fourth-order valence-electron chi connectivity index (χ4n) is 4.61. The van der Waals surface area contributed by atoms with Crippen LogP contribution in [0.25, 0.3) is 33.2 Å². The Bertz CT molecular complexity index is 1520. The van der Waals surface area contributed by atoms with Crippen LogP contribution < -0.4 is 5.32 Å². The summed E-state index contributed by atoms with van der Waals surface area (Å²) in [5.74, 6) is 1.78. The number of H-pyrrole nitrogens is 1. The summed E-state index contributed by atoms with van der Waals surface area (Å²) in [6, 6.07) is 37.7. The van der Waals surface area contributed by atoms with Gasteiger partial charge in [-0.25, -0.2) is 9.97 Å². The molecule has 0 bridgehead atoms. The van der Waals surface area contributed by atoms with Gasteiger partial charge >= 0.3 is 0 Å². The number of hydrogen-bond acceptors (Lipinski definition) is 3. The van der Waals surface area contributed by atoms with E-state index >= 15 is 0 Å². The van der Waals surface area contributed by atoms with E-state index in [0.29, 0.717) is 0 Å². The molecule has 164 valence electrons. The minimum Gasteiger partial charge on any atom is -0.368 e. The predicted octanol–water partition coefficient (Wildman–Crippen LogP) is 7.02. The Morgan fingerprint density at radius 1 is 0.647 bits per heavy atom. The molecule has 4 nitrogen and oxygen atoms in total. The van der Waals surface area contributed by atoms with E-state index in [0.717, 1.165) is 45.6 Å². The van der Waals surface area contributed by atoms with Crippen LogP contribution in [-0.4, -0.2) is 21.5 Å². The minimum absolute atomic E-state index is 0.202. The Morgan fingerprint density at radius 3 is 2.12 bits per heavy atom. The highest BCUT2D eigenvalue weighted by molar-refractivity contribution is 5.96. The Hall–Kier alpha value is -4.44. The van der Waals surface area contributed by atoms with Crippen LogP contribution in [0.3, 0.4) is 0 Å². The molecule has 34 heavy (non-hydrogen) atoms. The molecular weight excluding hydrogens is 416 g/mol. The number of nitrogens with zero attached hydrogens (tertiary/aromatic N) is 2. The van der Waals surface area contributed by atoms with Crippen LogP contribution in [0, 0.1) is 0 Å². The molecule has 4 heteroatoms. The summed E-state index contributed by atoms with van der Waals surface area (Å²) >= 11 is 0. The van der Waals surface area contributed by atoms with Gasteiger partial charge in [0.1, 0.15) is 5.82 Å². The highest BCUT2D eigenvalue weighted by atomic mass is 15.0. The summed E-state index contributed by atoms with van der Waals surface area (Å²) in [6.07, 6.45) is 1.96. The molecule has 0 aliphatic rings. The lowest BCUT2D eigenvalue weighted by Gasteiger charge is -2.20. The number of hydrogen-bond donors (Lipinski definition) is 2. The SMILES string of the molecule is c1ccc(C(CNc2nc(-c3cccc4[nH]ccc34)nc3ccccc23)c2ccccc2)cc1. The maximum absolute atomic E-state index is 5.02. The first-order chi connectivity index (χ1) is 16.9. The largest absolute Gasteiger partial charge is 0.368 e. The smallest absolute Gasteiger partial charge is 0.162 e. The fourth-order valence-corrected chi connectivity index (χ4v) is 4.61. The van der Waals surface area contributed by atoms with Crippen LogP contribution in [0.15, 0.2) is 115 Å². The molecule has 0 saturated heterocycles. The highest BCUT2D eigenvalue weighted by Gasteiger charge is 2.16. The third-order valence-corrected chi connectivity index (χ3v) is 6.32. The van der Waals surface area contributed by atoms with Crippen LogP contribution in [0.2, 0.25) is 0 Å². The Labute approximate surface area is 198 Å². The first kappa shape index (κ1) is 20.2. The van der Waals surface area contributed by atoms with Crippen molar-refractivity contribution in [2.45, 2.75) is 5.92 Å². The maximum atomic E-state index is 5.02. The van der Waals surface area contributed by atoms with Gasteiger partial charge in [-0.05, 0) is 35.4 Å². The number of rotatable bonds is 6. The molecule has 2 aromatic heterocycles. The van der Waals surface area contributed by atoms with Gasteiger partial charge in [0.15, 0.2) is 5.82 Å². The van der Waals surface area contributed by atoms with Crippen molar-refractivity contribution in [3.8, 4) is 11.4 Å². The molecule has 0 spiro atoms. The standard InChI is InChI=1S/C30H24N4/c1-3-10-21(11-4-1)26(22-12-5-2-6-13-22)20-32-29-25-14-7-8-16-28(25)33-30(34-29)24-15-9-17-27-23(24)18-19-31-27/h1-19,26,31H,20H2,(H,32,33,34). The van der Waals surface area contributed by atoms with Crippen LogP contribution in [0.1, 0.15) is 17.0 Å². The molecule has 0 fully saturated rings. The predicted molar refractivity (Wildman–Crippen MR) is 140 cm³/mol. The van der Waals surface area contributed by atoms with E-state index in [1.54, 1.807) is 0 Å². The molecular formula is C30H24N4. The molecule has 0 atom stereocenters. The van der Waals surface area contributed by atoms with Gasteiger partial charge in [0.2, 0.25) is 0 Å². The van der Waals surface area contributed by atoms with E-state index < -0.39 is 0 Å². The van der Waals surface area contributed by atoms with Crippen molar-refractivity contribution in [1.82, 2.24) is 15.0 Å². The molecule has 4 aromatic carbocycles. The average molecular weight is 441 g/mol. The zero-order valence-corrected chi connectivity index (χ0v) is 18.6. The number of nitrogens with one attached hydrogen (secondary N) is 2. The van der Waals surface area contributed by atoms with Gasteiger partial charge in [0, 0.05) is 40.5 Å². The zero-order valence-electron chi connectivity index (χ0n) is 18.6. The van der Waals surface area contributed by atoms with E-state index in [1.165, 1.54) is 11.1 Å². The Morgan fingerprint density at radius 2 is 1.35 bits per heavy atom. The second kappa shape index (κ2) is 8.83. The number of fused-ring (bicyclic) bond motifs is 2. The summed E-state index contributed by atoms with van der Waals surface area (Å²) in [7, 11) is 0. The fraction of sp³-hybridized carbons (Fsp3) is 0.0667. The van der Waals surface area contributed by atoms with Gasteiger partial charge in [-0.15, -0.1) is 0 Å². The van der Waals surface area contributed by atoms with Crippen molar-refractivity contribution in [3.63, 3.8) is 0 Å². The second-order valence-corrected chi connectivity index (χ2v) is 8.41. The molecule has 6 rings (SSSR count). The molecule has 0 saturated carbocycles. The Kier molecular flexibility index (Phi) is 5.24. The summed E-state index contributed by atoms with van der Waals surface area (Å²) in [6.45, 7) is 0.725. The zero-order chi connectivity index (χ0) is 22.7. The van der Waals surface area contributed by atoms with E-state index in [2.05, 4.69) is 101 Å². The Balaban J connectivity index is 1.42. The van der Waals surface area contributed by atoms with Crippen molar-refractivity contribution >= 4 is 27.6 Å². The normalized spacial score (nSPS) is 11.3. The second-order valence-electron chi connectivity index (χ2n) is 8.41. The van der Waals surface area contributed by atoms with E-state index in [1.807, 2.05) is 24.4 Å². The molecule has 0 amide bonds. The van der Waals surface area contributed by atoms with Crippen LogP contribution >= 0.6 is 0 Å². The lowest BCUT2D eigenvalue weighted by Crippen LogP contribution is -2.15. The highest BCUT2D eigenvalue weighted by Crippen LogP contribution is 2.31. The van der Waals surface area contributed by atoms with Gasteiger partial charge in [-0.2, -0.15) is 0 Å². The summed E-state index contributed by atoms with van der Waals surface area (Å²) in [4.78, 5) is 13.2. The maximum Gasteiger partial charge on any atom is 0.162 e. The number of anilines is 1. The molecule has 0 unspecified atom stereocenters. The van der Waals surface area contributed by atoms with Gasteiger partial charge in [-0.3, -0.25) is 0 Å². The van der Waals surface area contributed by atoms with Gasteiger partial charge in [0.25, 0.3) is 0 Å². The van der Waals surface area contributed by atoms with E-state index in [4.69, 9.17) is 9.97 Å². The van der Waals surface area contributed by atoms with Gasteiger partial charge < -0.3 is 10.3 Å². The molecule has 0 aliphatic carbocycles. The monoisotopic (exact) mass is 440 g/mol. The van der Waals surface area contributed by atoms with Crippen molar-refractivity contribution in [1.29, 1.82) is 0 Å². The van der Waals surface area contributed by atoms with Gasteiger partial charge in [-0.1, -0.05) is 84.9 Å². The van der Waals surface area contributed by atoms with Crippen LogP contribution in [0.5, 0.6) is 0 Å². The van der Waals surface area contributed by atoms with E-state index in [9.17, 15) is 0 Å². The summed E-state index contributed by atoms with van der Waals surface area (Å²) < 4.78 is 0. The average Bonchev–Trinajstić information content (AvgIpc) is 3.39. The third-order valence-electron chi connectivity index (χ3n) is 6.32. The lowest BCUT2D eigenvalue weighted by atomic mass is 9.91. The van der Waals surface area contributed by atoms with Crippen molar-refractivity contribution in [3.05, 3.63) is 127 Å². The summed E-state index contributed by atoms with van der Waals surface area (Å²) in [5.41, 5.74) is 5.58. The third kappa shape index (κ3) is 3.80. The quantitative estimate of drug-likeness (QED) is 0.292. The number of aromatic amines is 1. The van der Waals surface area contributed by atoms with E-state index in [-0.39, 0.29) is 5.92 Å². The van der Waals surface area contributed by atoms with Crippen LogP contribution in [-0.2, 0) is 0 Å². The summed E-state index contributed by atoms with van der Waals surface area (Å²) in [5, 5.41) is 5.82. The molecule has 0 aliphatic heterocycles. The number of aromatic nitrogens is 3. The number of benzene rings is 4. The van der Waals surface area contributed by atoms with Crippen molar-refractivity contribution < 1.29 is 0 Å². The van der Waals surface area contributed by atoms with Crippen molar-refractivity contribution in [2.75, 3.05) is 11.9 Å².